The van der Waals surface area contributed by atoms with Crippen LogP contribution in [0, 0.1) is 11.8 Å². The summed E-state index contributed by atoms with van der Waals surface area (Å²) >= 11 is 0. The van der Waals surface area contributed by atoms with E-state index in [0.717, 1.165) is 39.0 Å². The molecule has 1 aliphatic carbocycles. The summed E-state index contributed by atoms with van der Waals surface area (Å²) in [7, 11) is 0. The van der Waals surface area contributed by atoms with Crippen LogP contribution >= 0.6 is 0 Å². The maximum atomic E-state index is 12.4. The van der Waals surface area contributed by atoms with Crippen LogP contribution < -0.4 is 0 Å². The number of urea groups is 1. The van der Waals surface area contributed by atoms with Gasteiger partial charge in [-0.3, -0.25) is 9.69 Å². The van der Waals surface area contributed by atoms with Gasteiger partial charge in [0.1, 0.15) is 0 Å². The highest BCUT2D eigenvalue weighted by molar-refractivity contribution is 5.96. The molecule has 0 radical (unpaired) electrons. The Bertz CT molecular complexity index is 421. The first-order valence-corrected chi connectivity index (χ1v) is 7.47. The normalized spacial score (nSPS) is 28.2. The van der Waals surface area contributed by atoms with Gasteiger partial charge in [0.05, 0.1) is 6.61 Å². The number of allylic oxidation sites excluding steroid dienone is 1. The van der Waals surface area contributed by atoms with Crippen molar-refractivity contribution in [3.8, 4) is 0 Å². The molecule has 20 heavy (non-hydrogen) atoms. The Labute approximate surface area is 119 Å². The first kappa shape index (κ1) is 13.6. The molecule has 1 unspecified atom stereocenters. The van der Waals surface area contributed by atoms with E-state index in [9.17, 15) is 9.59 Å². The van der Waals surface area contributed by atoms with Crippen LogP contribution in [0.1, 0.15) is 25.7 Å². The lowest BCUT2D eigenvalue weighted by atomic mass is 9.81. The molecule has 2 aliphatic heterocycles. The molecule has 0 N–H and O–H groups in total. The van der Waals surface area contributed by atoms with Crippen LogP contribution in [0.25, 0.3) is 0 Å². The quantitative estimate of drug-likeness (QED) is 0.735. The fraction of sp³-hybridized carbons (Fsp3) is 0.733. The smallest absolute Gasteiger partial charge is 0.326 e. The molecule has 0 aromatic heterocycles. The van der Waals surface area contributed by atoms with E-state index in [4.69, 9.17) is 4.74 Å². The molecular weight excluding hydrogens is 256 g/mol. The second-order valence-corrected chi connectivity index (χ2v) is 6.24. The summed E-state index contributed by atoms with van der Waals surface area (Å²) < 4.78 is 5.36. The van der Waals surface area contributed by atoms with Gasteiger partial charge < -0.3 is 9.64 Å². The van der Waals surface area contributed by atoms with Gasteiger partial charge in [-0.05, 0) is 25.2 Å². The second-order valence-electron chi connectivity index (χ2n) is 6.24. The number of rotatable bonds is 4. The van der Waals surface area contributed by atoms with Gasteiger partial charge in [0, 0.05) is 38.6 Å². The molecule has 0 aromatic carbocycles. The molecule has 3 rings (SSSR count). The Morgan fingerprint density at radius 1 is 1.20 bits per heavy atom. The molecule has 3 aliphatic rings. The van der Waals surface area contributed by atoms with Gasteiger partial charge in [-0.2, -0.15) is 0 Å². The third-order valence-electron chi connectivity index (χ3n) is 4.50. The molecule has 5 nitrogen and oxygen atoms in total. The standard InChI is InChI=1S/C15H22N2O3/c1-11-6-13(7-11)9-17-14(18)2-4-16(15(17)19)8-12-3-5-20-10-12/h12-13H,1-10H2. The molecule has 0 aromatic rings. The highest BCUT2D eigenvalue weighted by Crippen LogP contribution is 2.32. The van der Waals surface area contributed by atoms with Crippen molar-refractivity contribution in [1.82, 2.24) is 9.80 Å². The lowest BCUT2D eigenvalue weighted by Gasteiger charge is -2.39. The van der Waals surface area contributed by atoms with Crippen molar-refractivity contribution in [3.63, 3.8) is 0 Å². The first-order valence-electron chi connectivity index (χ1n) is 7.47. The van der Waals surface area contributed by atoms with E-state index in [-0.39, 0.29) is 11.9 Å². The van der Waals surface area contributed by atoms with Crippen LogP contribution in [0.4, 0.5) is 4.79 Å². The van der Waals surface area contributed by atoms with Gasteiger partial charge >= 0.3 is 6.03 Å². The van der Waals surface area contributed by atoms with Crippen LogP contribution in [0.5, 0.6) is 0 Å². The molecule has 110 valence electrons. The summed E-state index contributed by atoms with van der Waals surface area (Å²) in [5.74, 6) is 0.828. The van der Waals surface area contributed by atoms with Crippen LogP contribution in [0.15, 0.2) is 12.2 Å². The maximum Gasteiger partial charge on any atom is 0.326 e. The molecule has 5 heteroatoms. The molecule has 2 saturated heterocycles. The fourth-order valence-corrected chi connectivity index (χ4v) is 3.27. The number of imide groups is 1. The van der Waals surface area contributed by atoms with Crippen LogP contribution in [0.3, 0.4) is 0 Å². The molecule has 2 heterocycles. The minimum atomic E-state index is -0.106. The van der Waals surface area contributed by atoms with Gasteiger partial charge in [-0.15, -0.1) is 0 Å². The fourth-order valence-electron chi connectivity index (χ4n) is 3.27. The number of ether oxygens (including phenoxy) is 1. The van der Waals surface area contributed by atoms with Crippen molar-refractivity contribution in [2.75, 3.05) is 32.8 Å². The lowest BCUT2D eigenvalue weighted by molar-refractivity contribution is -0.131. The first-order chi connectivity index (χ1) is 9.63. The van der Waals surface area contributed by atoms with E-state index in [1.807, 2.05) is 4.90 Å². The molecule has 0 spiro atoms. The largest absolute Gasteiger partial charge is 0.381 e. The highest BCUT2D eigenvalue weighted by Gasteiger charge is 2.36. The monoisotopic (exact) mass is 278 g/mol. The zero-order valence-corrected chi connectivity index (χ0v) is 11.8. The Balaban J connectivity index is 1.58. The minimum Gasteiger partial charge on any atom is -0.381 e. The van der Waals surface area contributed by atoms with Crippen molar-refractivity contribution in [3.05, 3.63) is 12.2 Å². The second kappa shape index (κ2) is 5.56. The van der Waals surface area contributed by atoms with E-state index in [1.165, 1.54) is 10.5 Å². The summed E-state index contributed by atoms with van der Waals surface area (Å²) in [5, 5.41) is 0. The molecular formula is C15H22N2O3. The summed E-state index contributed by atoms with van der Waals surface area (Å²) in [5.41, 5.74) is 1.23. The van der Waals surface area contributed by atoms with Crippen LogP contribution in [0.2, 0.25) is 0 Å². The average molecular weight is 278 g/mol. The summed E-state index contributed by atoms with van der Waals surface area (Å²) in [4.78, 5) is 27.7. The van der Waals surface area contributed by atoms with Crippen molar-refractivity contribution in [2.45, 2.75) is 25.7 Å². The van der Waals surface area contributed by atoms with Crippen molar-refractivity contribution < 1.29 is 14.3 Å². The molecule has 3 fully saturated rings. The number of hydrogen-bond donors (Lipinski definition) is 0. The van der Waals surface area contributed by atoms with Gasteiger partial charge in [0.15, 0.2) is 0 Å². The third kappa shape index (κ3) is 2.73. The van der Waals surface area contributed by atoms with Crippen LogP contribution in [-0.2, 0) is 9.53 Å². The van der Waals surface area contributed by atoms with Gasteiger partial charge in [-0.1, -0.05) is 12.2 Å². The Morgan fingerprint density at radius 2 is 2.00 bits per heavy atom. The number of carbonyl (C=O) groups excluding carboxylic acids is 2. The van der Waals surface area contributed by atoms with Gasteiger partial charge in [-0.25, -0.2) is 4.79 Å². The SMILES string of the molecule is C=C1CC(CN2C(=O)CCN(CC3CCOC3)C2=O)C1. The summed E-state index contributed by atoms with van der Waals surface area (Å²) in [6, 6.07) is -0.106. The lowest BCUT2D eigenvalue weighted by Crippen LogP contribution is -2.55. The number of amides is 3. The summed E-state index contributed by atoms with van der Waals surface area (Å²) in [6.45, 7) is 7.28. The van der Waals surface area contributed by atoms with E-state index in [2.05, 4.69) is 6.58 Å². The Kier molecular flexibility index (Phi) is 3.78. The predicted molar refractivity (Wildman–Crippen MR) is 74.1 cm³/mol. The van der Waals surface area contributed by atoms with Crippen molar-refractivity contribution in [1.29, 1.82) is 0 Å². The van der Waals surface area contributed by atoms with Gasteiger partial charge in [0.25, 0.3) is 0 Å². The molecule has 3 amide bonds. The van der Waals surface area contributed by atoms with E-state index < -0.39 is 0 Å². The topological polar surface area (TPSA) is 49.9 Å². The predicted octanol–water partition coefficient (Wildman–Crippen LogP) is 1.64. The van der Waals surface area contributed by atoms with Crippen LogP contribution in [-0.4, -0.2) is 54.6 Å². The number of hydrogen-bond acceptors (Lipinski definition) is 3. The number of carbonyl (C=O) groups is 2. The highest BCUT2D eigenvalue weighted by atomic mass is 16.5. The van der Waals surface area contributed by atoms with E-state index in [1.54, 1.807) is 0 Å². The number of nitrogens with zero attached hydrogens (tertiary/aromatic N) is 2. The third-order valence-corrected chi connectivity index (χ3v) is 4.50. The van der Waals surface area contributed by atoms with E-state index >= 15 is 0 Å². The zero-order valence-electron chi connectivity index (χ0n) is 11.8. The average Bonchev–Trinajstić information content (AvgIpc) is 2.88. The molecule has 0 bridgehead atoms. The van der Waals surface area contributed by atoms with Crippen molar-refractivity contribution in [2.24, 2.45) is 11.8 Å². The van der Waals surface area contributed by atoms with E-state index in [0.29, 0.717) is 31.3 Å². The molecule has 1 saturated carbocycles. The molecule has 1 atom stereocenters. The maximum absolute atomic E-state index is 12.4. The summed E-state index contributed by atoms with van der Waals surface area (Å²) in [6.07, 6.45) is 3.37. The Morgan fingerprint density at radius 3 is 2.65 bits per heavy atom. The van der Waals surface area contributed by atoms with Crippen molar-refractivity contribution >= 4 is 11.9 Å². The zero-order chi connectivity index (χ0) is 14.1. The Hall–Kier alpha value is -1.36. The minimum absolute atomic E-state index is 0.0218. The van der Waals surface area contributed by atoms with Gasteiger partial charge in [0.2, 0.25) is 5.91 Å².